The first-order valence-electron chi connectivity index (χ1n) is 12.9. The molecule has 4 rings (SSSR count). The average Bonchev–Trinajstić information content (AvgIpc) is 3.32. The molecule has 0 saturated carbocycles. The number of aromatic nitrogens is 3. The van der Waals surface area contributed by atoms with E-state index in [0.29, 0.717) is 64.5 Å². The first kappa shape index (κ1) is 29.3. The number of halogens is 2. The van der Waals surface area contributed by atoms with Gasteiger partial charge in [0.15, 0.2) is 11.5 Å². The van der Waals surface area contributed by atoms with E-state index in [0.717, 1.165) is 28.4 Å². The zero-order valence-electron chi connectivity index (χ0n) is 22.4. The molecule has 1 unspecified atom stereocenters. The Labute approximate surface area is 246 Å². The lowest BCUT2D eigenvalue weighted by Gasteiger charge is -2.29. The van der Waals surface area contributed by atoms with Crippen molar-refractivity contribution in [1.29, 1.82) is 0 Å². The molecule has 0 bridgehead atoms. The van der Waals surface area contributed by atoms with Crippen LogP contribution in [-0.4, -0.2) is 40.6 Å². The quantitative estimate of drug-likeness (QED) is 0.163. The molecule has 8 nitrogen and oxygen atoms in total. The van der Waals surface area contributed by atoms with Gasteiger partial charge in [-0.25, -0.2) is 9.48 Å². The topological polar surface area (TPSA) is 87.5 Å². The third-order valence-electron chi connectivity index (χ3n) is 5.90. The second kappa shape index (κ2) is 13.6. The molecule has 11 heteroatoms. The van der Waals surface area contributed by atoms with Gasteiger partial charge in [0.2, 0.25) is 11.1 Å². The number of esters is 1. The number of carbonyl (C=O) groups is 1. The van der Waals surface area contributed by atoms with Crippen LogP contribution < -0.4 is 14.8 Å². The summed E-state index contributed by atoms with van der Waals surface area (Å²) in [6, 6.07) is 10.9. The highest BCUT2D eigenvalue weighted by Gasteiger charge is 2.36. The molecule has 2 aromatic carbocycles. The predicted octanol–water partition coefficient (Wildman–Crippen LogP) is 7.42. The van der Waals surface area contributed by atoms with Gasteiger partial charge in [-0.3, -0.25) is 0 Å². The zero-order chi connectivity index (χ0) is 27.9. The maximum Gasteiger partial charge on any atom is 0.338 e. The summed E-state index contributed by atoms with van der Waals surface area (Å²) in [7, 11) is 0. The van der Waals surface area contributed by atoms with Gasteiger partial charge in [-0.05, 0) is 71.9 Å². The number of fused-ring (bicyclic) bond motifs is 1. The number of allylic oxidation sites excluding steroid dienone is 1. The number of carbonyl (C=O) groups excluding carboxylic acids is 1. The molecule has 0 spiro atoms. The van der Waals surface area contributed by atoms with Gasteiger partial charge in [0.05, 0.1) is 29.9 Å². The molecule has 0 amide bonds. The first-order valence-corrected chi connectivity index (χ1v) is 15.1. The summed E-state index contributed by atoms with van der Waals surface area (Å²) >= 11 is 11.5. The summed E-state index contributed by atoms with van der Waals surface area (Å²) in [5, 5.41) is 9.32. The number of nitrogens with zero attached hydrogens (tertiary/aromatic N) is 3. The molecule has 0 aliphatic carbocycles. The number of ether oxygens (including phenoxy) is 3. The van der Waals surface area contributed by atoms with Gasteiger partial charge >= 0.3 is 5.97 Å². The molecule has 1 N–H and O–H groups in total. The standard InChI is InChI=1S/C28H32BrClN4O4S/c1-5-12-37-25-20(29)14-19(15-22(25)36-7-3)24-23(26(35)38-13-6-2)17(4)31-27-32-28(33-34(24)27)39-16-18-10-8-9-11-21(18)30/h8-11,14-15,24H,5-7,12-13,16H2,1-4H3,(H,31,32,33). The summed E-state index contributed by atoms with van der Waals surface area (Å²) < 4.78 is 20.0. The molecular weight excluding hydrogens is 604 g/mol. The van der Waals surface area contributed by atoms with Crippen LogP contribution in [0.15, 0.2) is 57.3 Å². The highest BCUT2D eigenvalue weighted by molar-refractivity contribution is 9.10. The summed E-state index contributed by atoms with van der Waals surface area (Å²) in [6.45, 7) is 9.12. The lowest BCUT2D eigenvalue weighted by molar-refractivity contribution is -0.139. The molecule has 1 atom stereocenters. The summed E-state index contributed by atoms with van der Waals surface area (Å²) in [5.74, 6) is 1.95. The fourth-order valence-corrected chi connectivity index (χ4v) is 5.84. The van der Waals surface area contributed by atoms with E-state index in [2.05, 4.69) is 21.2 Å². The Morgan fingerprint density at radius 3 is 2.64 bits per heavy atom. The Hall–Kier alpha value is -2.69. The monoisotopic (exact) mass is 634 g/mol. The van der Waals surface area contributed by atoms with Crippen molar-refractivity contribution in [3.63, 3.8) is 0 Å². The van der Waals surface area contributed by atoms with Crippen LogP contribution in [0.2, 0.25) is 5.02 Å². The second-order valence-electron chi connectivity index (χ2n) is 8.86. The Kier molecular flexibility index (Phi) is 10.2. The molecular formula is C28H32BrClN4O4S. The second-order valence-corrected chi connectivity index (χ2v) is 11.1. The minimum Gasteiger partial charge on any atom is -0.490 e. The maximum atomic E-state index is 13.4. The highest BCUT2D eigenvalue weighted by atomic mass is 79.9. The van der Waals surface area contributed by atoms with E-state index in [-0.39, 0.29) is 0 Å². The first-order chi connectivity index (χ1) is 18.9. The van der Waals surface area contributed by atoms with Crippen LogP contribution in [0.1, 0.15) is 57.7 Å². The van der Waals surface area contributed by atoms with Crippen molar-refractivity contribution in [2.45, 2.75) is 57.5 Å². The number of benzene rings is 2. The van der Waals surface area contributed by atoms with E-state index in [1.54, 1.807) is 4.68 Å². The lowest BCUT2D eigenvalue weighted by atomic mass is 9.95. The highest BCUT2D eigenvalue weighted by Crippen LogP contribution is 2.43. The van der Waals surface area contributed by atoms with Crippen molar-refractivity contribution in [2.75, 3.05) is 25.1 Å². The third kappa shape index (κ3) is 6.73. The Bertz CT molecular complexity index is 1360. The van der Waals surface area contributed by atoms with E-state index >= 15 is 0 Å². The molecule has 1 aliphatic heterocycles. The number of nitrogens with one attached hydrogen (secondary N) is 1. The largest absolute Gasteiger partial charge is 0.490 e. The Morgan fingerprint density at radius 1 is 1.15 bits per heavy atom. The summed E-state index contributed by atoms with van der Waals surface area (Å²) in [5.41, 5.74) is 2.89. The normalized spacial score (nSPS) is 14.6. The molecule has 3 aromatic rings. The minimum atomic E-state index is -0.594. The summed E-state index contributed by atoms with van der Waals surface area (Å²) in [6.07, 6.45) is 1.58. The van der Waals surface area contributed by atoms with Crippen molar-refractivity contribution in [2.24, 2.45) is 0 Å². The van der Waals surface area contributed by atoms with E-state index in [9.17, 15) is 4.79 Å². The van der Waals surface area contributed by atoms with Crippen LogP contribution in [0.5, 0.6) is 11.5 Å². The van der Waals surface area contributed by atoms with Crippen molar-refractivity contribution >= 4 is 51.2 Å². The molecule has 208 valence electrons. The van der Waals surface area contributed by atoms with Crippen LogP contribution >= 0.6 is 39.3 Å². The molecule has 2 heterocycles. The van der Waals surface area contributed by atoms with E-state index in [4.69, 9.17) is 35.9 Å². The molecule has 1 aliphatic rings. The predicted molar refractivity (Wildman–Crippen MR) is 158 cm³/mol. The number of hydrogen-bond acceptors (Lipinski definition) is 8. The lowest BCUT2D eigenvalue weighted by Crippen LogP contribution is -2.30. The van der Waals surface area contributed by atoms with E-state index in [1.807, 2.05) is 64.1 Å². The smallest absolute Gasteiger partial charge is 0.338 e. The van der Waals surface area contributed by atoms with E-state index in [1.165, 1.54) is 11.8 Å². The van der Waals surface area contributed by atoms with Gasteiger partial charge in [-0.1, -0.05) is 55.4 Å². The zero-order valence-corrected chi connectivity index (χ0v) is 25.6. The number of anilines is 1. The molecule has 1 aromatic heterocycles. The fraction of sp³-hybridized carbons (Fsp3) is 0.393. The van der Waals surface area contributed by atoms with Crippen LogP contribution in [-0.2, 0) is 15.3 Å². The van der Waals surface area contributed by atoms with Crippen LogP contribution in [0, 0.1) is 0 Å². The van der Waals surface area contributed by atoms with Crippen molar-refractivity contribution in [1.82, 2.24) is 14.8 Å². The minimum absolute atomic E-state index is 0.323. The van der Waals surface area contributed by atoms with E-state index < -0.39 is 12.0 Å². The SMILES string of the molecule is CCCOC(=O)C1=C(C)Nc2nc(SCc3ccccc3Cl)nn2C1c1cc(Br)c(OCCC)c(OCC)c1. The molecule has 39 heavy (non-hydrogen) atoms. The number of rotatable bonds is 12. The molecule has 0 fully saturated rings. The van der Waals surface area contributed by atoms with Crippen molar-refractivity contribution in [3.8, 4) is 11.5 Å². The van der Waals surface area contributed by atoms with Gasteiger partial charge < -0.3 is 19.5 Å². The third-order valence-corrected chi connectivity index (χ3v) is 7.75. The molecule has 0 saturated heterocycles. The van der Waals surface area contributed by atoms with Gasteiger partial charge in [0.25, 0.3) is 0 Å². The number of thioether (sulfide) groups is 1. The van der Waals surface area contributed by atoms with Crippen LogP contribution in [0.3, 0.4) is 0 Å². The maximum absolute atomic E-state index is 13.4. The van der Waals surface area contributed by atoms with Crippen LogP contribution in [0.4, 0.5) is 5.95 Å². The Morgan fingerprint density at radius 2 is 1.92 bits per heavy atom. The van der Waals surface area contributed by atoms with Crippen LogP contribution in [0.25, 0.3) is 0 Å². The van der Waals surface area contributed by atoms with Crippen molar-refractivity contribution < 1.29 is 19.0 Å². The summed E-state index contributed by atoms with van der Waals surface area (Å²) in [4.78, 5) is 18.1. The fourth-order valence-electron chi connectivity index (χ4n) is 4.15. The number of hydrogen-bond donors (Lipinski definition) is 1. The van der Waals surface area contributed by atoms with Gasteiger partial charge in [-0.2, -0.15) is 4.98 Å². The van der Waals surface area contributed by atoms with Gasteiger partial charge in [0, 0.05) is 16.5 Å². The average molecular weight is 636 g/mol. The van der Waals surface area contributed by atoms with Crippen molar-refractivity contribution in [3.05, 3.63) is 68.3 Å². The molecule has 0 radical (unpaired) electrons. The van der Waals surface area contributed by atoms with Gasteiger partial charge in [0.1, 0.15) is 6.04 Å². The van der Waals surface area contributed by atoms with Gasteiger partial charge in [-0.15, -0.1) is 5.10 Å². The Balaban J connectivity index is 1.77.